The molecule has 2 aromatic carbocycles. The first-order chi connectivity index (χ1) is 12.6. The van der Waals surface area contributed by atoms with Crippen molar-refractivity contribution in [3.8, 4) is 11.1 Å². The molecule has 4 nitrogen and oxygen atoms in total. The van der Waals surface area contributed by atoms with E-state index in [9.17, 15) is 13.6 Å². The van der Waals surface area contributed by atoms with E-state index in [-0.39, 0.29) is 0 Å². The Labute approximate surface area is 156 Å². The van der Waals surface area contributed by atoms with Crippen molar-refractivity contribution in [2.24, 2.45) is 0 Å². The monoisotopic (exact) mass is 370 g/mol. The van der Waals surface area contributed by atoms with Crippen molar-refractivity contribution in [1.82, 2.24) is 4.98 Å². The highest BCUT2D eigenvalue weighted by Gasteiger charge is 2.18. The predicted molar refractivity (Wildman–Crippen MR) is 102 cm³/mol. The number of carbonyl (C=O) groups is 1. The summed E-state index contributed by atoms with van der Waals surface area (Å²) < 4.78 is 32.5. The maximum Gasteiger partial charge on any atom is 0.412 e. The molecular formula is C21H20F2N2O2. The number of benzene rings is 2. The predicted octanol–water partition coefficient (Wildman–Crippen LogP) is 5.84. The highest BCUT2D eigenvalue weighted by atomic mass is 19.1. The highest BCUT2D eigenvalue weighted by molar-refractivity contribution is 5.97. The van der Waals surface area contributed by atoms with Crippen LogP contribution in [0, 0.1) is 18.6 Å². The molecule has 0 bridgehead atoms. The molecule has 0 fully saturated rings. The van der Waals surface area contributed by atoms with Crippen LogP contribution < -0.4 is 5.32 Å². The third-order valence-electron chi connectivity index (χ3n) is 3.85. The van der Waals surface area contributed by atoms with Crippen molar-refractivity contribution in [1.29, 1.82) is 0 Å². The Morgan fingerprint density at radius 3 is 2.37 bits per heavy atom. The molecule has 3 rings (SSSR count). The Morgan fingerprint density at radius 1 is 1.07 bits per heavy atom. The van der Waals surface area contributed by atoms with Crippen LogP contribution in [0.25, 0.3) is 22.0 Å². The maximum absolute atomic E-state index is 13.6. The number of nitrogens with one attached hydrogen (secondary N) is 1. The van der Waals surface area contributed by atoms with Crippen LogP contribution in [0.15, 0.2) is 42.5 Å². The molecule has 0 atom stereocenters. The van der Waals surface area contributed by atoms with Crippen molar-refractivity contribution in [3.05, 3.63) is 59.8 Å². The van der Waals surface area contributed by atoms with Gasteiger partial charge in [-0.15, -0.1) is 0 Å². The largest absolute Gasteiger partial charge is 0.444 e. The smallest absolute Gasteiger partial charge is 0.412 e. The first-order valence-electron chi connectivity index (χ1n) is 8.49. The first kappa shape index (κ1) is 18.8. The van der Waals surface area contributed by atoms with Crippen molar-refractivity contribution >= 4 is 22.7 Å². The quantitative estimate of drug-likeness (QED) is 0.617. The van der Waals surface area contributed by atoms with Crippen LogP contribution in [0.1, 0.15) is 26.5 Å². The van der Waals surface area contributed by atoms with Gasteiger partial charge in [-0.05, 0) is 51.5 Å². The minimum atomic E-state index is -0.651. The van der Waals surface area contributed by atoms with Crippen molar-refractivity contribution < 1.29 is 18.3 Å². The number of nitrogens with zero attached hydrogens (tertiary/aromatic N) is 1. The third kappa shape index (κ3) is 4.39. The van der Waals surface area contributed by atoms with E-state index in [0.29, 0.717) is 28.0 Å². The Balaban J connectivity index is 2.03. The van der Waals surface area contributed by atoms with Gasteiger partial charge in [0.05, 0.1) is 16.9 Å². The van der Waals surface area contributed by atoms with E-state index in [1.54, 1.807) is 45.9 Å². The minimum Gasteiger partial charge on any atom is -0.444 e. The number of aromatic nitrogens is 1. The average Bonchev–Trinajstić information content (AvgIpc) is 2.52. The van der Waals surface area contributed by atoms with Crippen LogP contribution in [-0.4, -0.2) is 16.7 Å². The molecule has 0 saturated carbocycles. The van der Waals surface area contributed by atoms with Crippen LogP contribution >= 0.6 is 0 Å². The molecule has 0 radical (unpaired) electrons. The second-order valence-corrected chi connectivity index (χ2v) is 7.28. The molecule has 140 valence electrons. The number of pyridine rings is 1. The van der Waals surface area contributed by atoms with E-state index >= 15 is 0 Å². The van der Waals surface area contributed by atoms with Crippen LogP contribution in [0.3, 0.4) is 0 Å². The van der Waals surface area contributed by atoms with Gasteiger partial charge in [-0.2, -0.15) is 0 Å². The molecule has 1 aromatic heterocycles. The summed E-state index contributed by atoms with van der Waals surface area (Å²) >= 11 is 0. The zero-order valence-corrected chi connectivity index (χ0v) is 15.6. The zero-order valence-electron chi connectivity index (χ0n) is 15.6. The van der Waals surface area contributed by atoms with Gasteiger partial charge >= 0.3 is 6.09 Å². The van der Waals surface area contributed by atoms with E-state index in [1.165, 1.54) is 12.1 Å². The van der Waals surface area contributed by atoms with Gasteiger partial charge in [0.1, 0.15) is 17.2 Å². The zero-order chi connectivity index (χ0) is 19.8. The van der Waals surface area contributed by atoms with Gasteiger partial charge in [0.2, 0.25) is 0 Å². The summed E-state index contributed by atoms with van der Waals surface area (Å²) in [4.78, 5) is 16.6. The summed E-state index contributed by atoms with van der Waals surface area (Å²) in [5.41, 5.74) is 2.07. The number of rotatable bonds is 2. The maximum atomic E-state index is 13.6. The Kier molecular flexibility index (Phi) is 4.83. The molecule has 1 amide bonds. The lowest BCUT2D eigenvalue weighted by atomic mass is 10.0. The summed E-state index contributed by atoms with van der Waals surface area (Å²) in [5, 5.41) is 3.42. The van der Waals surface area contributed by atoms with Crippen molar-refractivity contribution in [2.45, 2.75) is 33.3 Å². The van der Waals surface area contributed by atoms with Gasteiger partial charge in [-0.25, -0.2) is 13.6 Å². The lowest BCUT2D eigenvalue weighted by Crippen LogP contribution is -2.27. The fourth-order valence-corrected chi connectivity index (χ4v) is 2.77. The molecule has 0 unspecified atom stereocenters. The summed E-state index contributed by atoms with van der Waals surface area (Å²) in [6.45, 7) is 7.09. The third-order valence-corrected chi connectivity index (χ3v) is 3.85. The van der Waals surface area contributed by atoms with Crippen LogP contribution in [-0.2, 0) is 4.74 Å². The van der Waals surface area contributed by atoms with E-state index in [4.69, 9.17) is 4.74 Å². The van der Waals surface area contributed by atoms with Gasteiger partial charge in [-0.1, -0.05) is 18.2 Å². The molecule has 0 aliphatic carbocycles. The van der Waals surface area contributed by atoms with Crippen LogP contribution in [0.2, 0.25) is 0 Å². The number of amides is 1. The van der Waals surface area contributed by atoms with Gasteiger partial charge < -0.3 is 4.74 Å². The topological polar surface area (TPSA) is 51.2 Å². The van der Waals surface area contributed by atoms with E-state index in [0.717, 1.165) is 11.5 Å². The molecule has 0 saturated heterocycles. The van der Waals surface area contributed by atoms with Crippen molar-refractivity contribution in [2.75, 3.05) is 5.32 Å². The SMILES string of the molecule is Cc1nc2c(-c3cc(F)cc(F)c3)cccc2cc1NC(=O)OC(C)(C)C. The lowest BCUT2D eigenvalue weighted by Gasteiger charge is -2.20. The number of halogens is 2. The lowest BCUT2D eigenvalue weighted by molar-refractivity contribution is 0.0635. The second kappa shape index (κ2) is 6.95. The molecule has 0 spiro atoms. The summed E-state index contributed by atoms with van der Waals surface area (Å²) in [6.07, 6.45) is -0.574. The molecule has 1 N–H and O–H groups in total. The fraction of sp³-hybridized carbons (Fsp3) is 0.238. The van der Waals surface area contributed by atoms with Gasteiger partial charge in [0, 0.05) is 17.0 Å². The number of anilines is 1. The van der Waals surface area contributed by atoms with Gasteiger partial charge in [0.25, 0.3) is 0 Å². The molecule has 0 aliphatic rings. The van der Waals surface area contributed by atoms with Gasteiger partial charge in [0.15, 0.2) is 0 Å². The standard InChI is InChI=1S/C21H20F2N2O2/c1-12-18(25-20(26)27-21(2,3)4)10-13-6-5-7-17(19(13)24-12)14-8-15(22)11-16(23)9-14/h5-11H,1-4H3,(H,25,26). The number of hydrogen-bond acceptors (Lipinski definition) is 3. The molecule has 1 heterocycles. The van der Waals surface area contributed by atoms with Crippen LogP contribution in [0.4, 0.5) is 19.3 Å². The number of hydrogen-bond donors (Lipinski definition) is 1. The Hall–Kier alpha value is -3.02. The Morgan fingerprint density at radius 2 is 1.74 bits per heavy atom. The summed E-state index contributed by atoms with van der Waals surface area (Å²) in [7, 11) is 0. The number of para-hydroxylation sites is 1. The summed E-state index contributed by atoms with van der Waals surface area (Å²) in [6, 6.07) is 10.5. The fourth-order valence-electron chi connectivity index (χ4n) is 2.77. The molecule has 0 aliphatic heterocycles. The summed E-state index contributed by atoms with van der Waals surface area (Å²) in [5.74, 6) is -1.30. The molecule has 27 heavy (non-hydrogen) atoms. The first-order valence-corrected chi connectivity index (χ1v) is 8.49. The molecule has 3 aromatic rings. The number of fused-ring (bicyclic) bond motifs is 1. The number of carbonyl (C=O) groups excluding carboxylic acids is 1. The second-order valence-electron chi connectivity index (χ2n) is 7.28. The van der Waals surface area contributed by atoms with Gasteiger partial charge in [-0.3, -0.25) is 10.3 Å². The average molecular weight is 370 g/mol. The Bertz CT molecular complexity index is 1010. The molecule has 6 heteroatoms. The minimum absolute atomic E-state index is 0.401. The highest BCUT2D eigenvalue weighted by Crippen LogP contribution is 2.31. The van der Waals surface area contributed by atoms with Crippen molar-refractivity contribution in [3.63, 3.8) is 0 Å². The number of ether oxygens (including phenoxy) is 1. The normalized spacial score (nSPS) is 11.5. The number of aryl methyl sites for hydroxylation is 1. The van der Waals surface area contributed by atoms with Crippen LogP contribution in [0.5, 0.6) is 0 Å². The van der Waals surface area contributed by atoms with E-state index < -0.39 is 23.3 Å². The molecular weight excluding hydrogens is 350 g/mol. The van der Waals surface area contributed by atoms with E-state index in [1.807, 2.05) is 6.07 Å². The van der Waals surface area contributed by atoms with E-state index in [2.05, 4.69) is 10.3 Å².